The van der Waals surface area contributed by atoms with Gasteiger partial charge in [-0.05, 0) is 36.6 Å². The molecule has 1 aromatic carbocycles. The van der Waals surface area contributed by atoms with E-state index in [9.17, 15) is 8.42 Å². The highest BCUT2D eigenvalue weighted by molar-refractivity contribution is 7.89. The minimum atomic E-state index is -3.64. The van der Waals surface area contributed by atoms with Gasteiger partial charge in [0.1, 0.15) is 0 Å². The van der Waals surface area contributed by atoms with Crippen molar-refractivity contribution in [2.24, 2.45) is 11.1 Å². The van der Waals surface area contributed by atoms with Gasteiger partial charge in [0.25, 0.3) is 0 Å². The van der Waals surface area contributed by atoms with Crippen molar-refractivity contribution in [3.05, 3.63) is 27.7 Å². The number of hydrogen-bond acceptors (Lipinski definition) is 3. The van der Waals surface area contributed by atoms with Crippen LogP contribution in [0, 0.1) is 12.3 Å². The van der Waals surface area contributed by atoms with Crippen LogP contribution in [0.25, 0.3) is 0 Å². The van der Waals surface area contributed by atoms with Crippen molar-refractivity contribution in [3.8, 4) is 0 Å². The minimum Gasteiger partial charge on any atom is -0.330 e. The fourth-order valence-electron chi connectivity index (χ4n) is 1.70. The molecule has 0 unspecified atom stereocenters. The number of benzene rings is 1. The van der Waals surface area contributed by atoms with Crippen molar-refractivity contribution in [3.63, 3.8) is 0 Å². The Bertz CT molecular complexity index is 577. The molecule has 0 atom stereocenters. The summed E-state index contributed by atoms with van der Waals surface area (Å²) in [6.45, 7) is 6.27. The number of sulfonamides is 1. The molecule has 0 aliphatic carbocycles. The maximum Gasteiger partial charge on any atom is 0.242 e. The second-order valence-electron chi connectivity index (χ2n) is 5.64. The zero-order chi connectivity index (χ0) is 15.7. The highest BCUT2D eigenvalue weighted by Gasteiger charge is 2.28. The fourth-order valence-corrected chi connectivity index (χ4v) is 3.73. The van der Waals surface area contributed by atoms with Crippen molar-refractivity contribution < 1.29 is 8.42 Å². The molecule has 0 fully saturated rings. The van der Waals surface area contributed by atoms with E-state index in [-0.39, 0.29) is 10.3 Å². The Hall–Kier alpha value is -0.330. The molecular weight excluding hydrogens is 319 g/mol. The van der Waals surface area contributed by atoms with Crippen molar-refractivity contribution in [1.29, 1.82) is 0 Å². The van der Waals surface area contributed by atoms with Crippen molar-refractivity contribution >= 4 is 33.2 Å². The Labute approximate surface area is 130 Å². The summed E-state index contributed by atoms with van der Waals surface area (Å²) >= 11 is 12.0. The summed E-state index contributed by atoms with van der Waals surface area (Å²) < 4.78 is 26.3. The highest BCUT2D eigenvalue weighted by atomic mass is 35.5. The monoisotopic (exact) mass is 338 g/mol. The van der Waals surface area contributed by atoms with Gasteiger partial charge >= 0.3 is 0 Å². The molecule has 7 heteroatoms. The Kier molecular flexibility index (Phi) is 5.49. The molecule has 1 rings (SSSR count). The second kappa shape index (κ2) is 6.20. The Morgan fingerprint density at radius 1 is 1.25 bits per heavy atom. The van der Waals surface area contributed by atoms with Crippen LogP contribution in [0.3, 0.4) is 0 Å². The largest absolute Gasteiger partial charge is 0.330 e. The van der Waals surface area contributed by atoms with Gasteiger partial charge in [0.15, 0.2) is 0 Å². The fraction of sp³-hybridized carbons (Fsp3) is 0.538. The third-order valence-corrected chi connectivity index (χ3v) is 5.73. The van der Waals surface area contributed by atoms with E-state index in [2.05, 4.69) is 0 Å². The standard InChI is InChI=1S/C13H20Cl2N2O2S/c1-9-11(14)5-10(6-12(9)15)20(18,19)17(4)8-13(2,3)7-16/h5-6H,7-8,16H2,1-4H3. The lowest BCUT2D eigenvalue weighted by Crippen LogP contribution is -2.39. The predicted molar refractivity (Wildman–Crippen MR) is 83.9 cm³/mol. The maximum atomic E-state index is 12.5. The lowest BCUT2D eigenvalue weighted by atomic mass is 9.94. The molecule has 0 radical (unpaired) electrons. The van der Waals surface area contributed by atoms with Crippen LogP contribution in [-0.4, -0.2) is 32.9 Å². The second-order valence-corrected chi connectivity index (χ2v) is 8.50. The van der Waals surface area contributed by atoms with Gasteiger partial charge in [0, 0.05) is 23.6 Å². The molecule has 2 N–H and O–H groups in total. The number of hydrogen-bond donors (Lipinski definition) is 1. The van der Waals surface area contributed by atoms with Crippen molar-refractivity contribution in [2.75, 3.05) is 20.1 Å². The van der Waals surface area contributed by atoms with E-state index in [0.29, 0.717) is 28.7 Å². The normalized spacial score (nSPS) is 13.0. The summed E-state index contributed by atoms with van der Waals surface area (Å²) in [6, 6.07) is 2.84. The highest BCUT2D eigenvalue weighted by Crippen LogP contribution is 2.29. The van der Waals surface area contributed by atoms with Crippen LogP contribution in [0.15, 0.2) is 17.0 Å². The third-order valence-electron chi connectivity index (χ3n) is 3.17. The molecule has 0 saturated heterocycles. The SMILES string of the molecule is Cc1c(Cl)cc(S(=O)(=O)N(C)CC(C)(C)CN)cc1Cl. The van der Waals surface area contributed by atoms with Crippen LogP contribution >= 0.6 is 23.2 Å². The predicted octanol–water partition coefficient (Wildman–Crippen LogP) is 2.91. The number of nitrogens with zero attached hydrogens (tertiary/aromatic N) is 1. The zero-order valence-corrected chi connectivity index (χ0v) is 14.4. The van der Waals surface area contributed by atoms with Crippen LogP contribution in [0.1, 0.15) is 19.4 Å². The lowest BCUT2D eigenvalue weighted by Gasteiger charge is -2.28. The van der Waals surface area contributed by atoms with E-state index in [4.69, 9.17) is 28.9 Å². The van der Waals surface area contributed by atoms with Crippen LogP contribution in [-0.2, 0) is 10.0 Å². The van der Waals surface area contributed by atoms with Crippen molar-refractivity contribution in [1.82, 2.24) is 4.31 Å². The quantitative estimate of drug-likeness (QED) is 0.897. The van der Waals surface area contributed by atoms with Crippen LogP contribution < -0.4 is 5.73 Å². The molecule has 0 spiro atoms. The van der Waals surface area contributed by atoms with Gasteiger partial charge in [-0.2, -0.15) is 0 Å². The lowest BCUT2D eigenvalue weighted by molar-refractivity contribution is 0.292. The molecule has 0 amide bonds. The first-order chi connectivity index (χ1) is 9.01. The molecular formula is C13H20Cl2N2O2S. The zero-order valence-electron chi connectivity index (χ0n) is 12.1. The molecule has 0 aliphatic rings. The molecule has 0 aromatic heterocycles. The van der Waals surface area contributed by atoms with Gasteiger partial charge in [0.2, 0.25) is 10.0 Å². The maximum absolute atomic E-state index is 12.5. The molecule has 4 nitrogen and oxygen atoms in total. The Morgan fingerprint density at radius 2 is 1.70 bits per heavy atom. The van der Waals surface area contributed by atoms with Gasteiger partial charge in [-0.15, -0.1) is 0 Å². The van der Waals surface area contributed by atoms with Gasteiger partial charge in [-0.25, -0.2) is 12.7 Å². The summed E-state index contributed by atoms with van der Waals surface area (Å²) in [5.74, 6) is 0. The van der Waals surface area contributed by atoms with Gasteiger partial charge < -0.3 is 5.73 Å². The molecule has 0 bridgehead atoms. The summed E-state index contributed by atoms with van der Waals surface area (Å²) in [5.41, 5.74) is 6.00. The van der Waals surface area contributed by atoms with E-state index < -0.39 is 10.0 Å². The Balaban J connectivity index is 3.17. The molecule has 0 heterocycles. The minimum absolute atomic E-state index is 0.0911. The first-order valence-electron chi connectivity index (χ1n) is 6.13. The van der Waals surface area contributed by atoms with E-state index in [1.165, 1.54) is 23.5 Å². The number of nitrogens with two attached hydrogens (primary N) is 1. The molecule has 114 valence electrons. The Morgan fingerprint density at radius 3 is 2.10 bits per heavy atom. The van der Waals surface area contributed by atoms with E-state index in [1.54, 1.807) is 6.92 Å². The molecule has 20 heavy (non-hydrogen) atoms. The van der Waals surface area contributed by atoms with Crippen LogP contribution in [0.2, 0.25) is 10.0 Å². The average Bonchev–Trinajstić information content (AvgIpc) is 2.34. The van der Waals surface area contributed by atoms with E-state index in [1.807, 2.05) is 13.8 Å². The molecule has 1 aromatic rings. The average molecular weight is 339 g/mol. The summed E-state index contributed by atoms with van der Waals surface area (Å²) in [6.07, 6.45) is 0. The van der Waals surface area contributed by atoms with Gasteiger partial charge in [-0.1, -0.05) is 37.0 Å². The van der Waals surface area contributed by atoms with Crippen LogP contribution in [0.4, 0.5) is 0 Å². The van der Waals surface area contributed by atoms with Crippen molar-refractivity contribution in [2.45, 2.75) is 25.7 Å². The number of halogens is 2. The summed E-state index contributed by atoms with van der Waals surface area (Å²) in [5, 5.41) is 0.671. The molecule has 0 aliphatic heterocycles. The first-order valence-corrected chi connectivity index (χ1v) is 8.33. The van der Waals surface area contributed by atoms with E-state index >= 15 is 0 Å². The van der Waals surface area contributed by atoms with Crippen LogP contribution in [0.5, 0.6) is 0 Å². The number of rotatable bonds is 5. The summed E-state index contributed by atoms with van der Waals surface area (Å²) in [7, 11) is -2.11. The molecule has 0 saturated carbocycles. The first kappa shape index (κ1) is 17.7. The third kappa shape index (κ3) is 3.86. The van der Waals surface area contributed by atoms with Gasteiger partial charge in [0.05, 0.1) is 4.90 Å². The van der Waals surface area contributed by atoms with Gasteiger partial charge in [-0.3, -0.25) is 0 Å². The summed E-state index contributed by atoms with van der Waals surface area (Å²) in [4.78, 5) is 0.0911. The topological polar surface area (TPSA) is 63.4 Å². The van der Waals surface area contributed by atoms with E-state index in [0.717, 1.165) is 0 Å². The smallest absolute Gasteiger partial charge is 0.242 e.